The molecule has 0 radical (unpaired) electrons. The summed E-state index contributed by atoms with van der Waals surface area (Å²) in [6.07, 6.45) is 2.05. The number of aliphatic carboxylic acids is 3. The fourth-order valence-electron chi connectivity index (χ4n) is 3.56. The van der Waals surface area contributed by atoms with Crippen LogP contribution in [0.15, 0.2) is 0 Å². The number of rotatable bonds is 12. The quantitative estimate of drug-likeness (QED) is 0.372. The standard InChI is InChI=1S/C20H35N3O7/c1-15(2)17(24)6-4-3-5-16(20(29)30)23-11-9-21(13-18(25)26)7-8-22(10-12-23)14-19(27)28/h15-16H,3-14H2,1-2H3,(H,25,26)(H,27,28)(H,29,30)/t16-/m1/s1. The Morgan fingerprint density at radius 1 is 0.767 bits per heavy atom. The Labute approximate surface area is 177 Å². The van der Waals surface area contributed by atoms with Gasteiger partial charge < -0.3 is 15.3 Å². The van der Waals surface area contributed by atoms with Gasteiger partial charge in [0.05, 0.1) is 13.1 Å². The second kappa shape index (κ2) is 13.3. The van der Waals surface area contributed by atoms with Gasteiger partial charge in [0, 0.05) is 51.6 Å². The van der Waals surface area contributed by atoms with Crippen molar-refractivity contribution in [2.24, 2.45) is 5.92 Å². The normalized spacial score (nSPS) is 18.4. The lowest BCUT2D eigenvalue weighted by Gasteiger charge is -2.30. The first-order valence-corrected chi connectivity index (χ1v) is 10.5. The van der Waals surface area contributed by atoms with Gasteiger partial charge in [-0.2, -0.15) is 0 Å². The van der Waals surface area contributed by atoms with Crippen molar-refractivity contribution in [1.82, 2.24) is 14.7 Å². The van der Waals surface area contributed by atoms with E-state index < -0.39 is 23.9 Å². The Kier molecular flexibility index (Phi) is 11.5. The summed E-state index contributed by atoms with van der Waals surface area (Å²) in [5.74, 6) is -2.78. The van der Waals surface area contributed by atoms with E-state index in [2.05, 4.69) is 0 Å². The molecule has 10 nitrogen and oxygen atoms in total. The zero-order valence-electron chi connectivity index (χ0n) is 18.0. The van der Waals surface area contributed by atoms with Crippen LogP contribution >= 0.6 is 0 Å². The highest BCUT2D eigenvalue weighted by atomic mass is 16.4. The average Bonchev–Trinajstić information content (AvgIpc) is 2.72. The first-order valence-electron chi connectivity index (χ1n) is 10.5. The highest BCUT2D eigenvalue weighted by Crippen LogP contribution is 2.14. The number of carboxylic acid groups (broad SMARTS) is 3. The summed E-state index contributed by atoms with van der Waals surface area (Å²) in [6.45, 7) is 5.70. The largest absolute Gasteiger partial charge is 0.480 e. The fraction of sp³-hybridized carbons (Fsp3) is 0.800. The van der Waals surface area contributed by atoms with Crippen LogP contribution in [0.5, 0.6) is 0 Å². The second-order valence-electron chi connectivity index (χ2n) is 8.10. The Balaban J connectivity index is 2.79. The molecule has 30 heavy (non-hydrogen) atoms. The molecular formula is C20H35N3O7. The molecule has 1 aliphatic heterocycles. The first kappa shape index (κ1) is 26.0. The van der Waals surface area contributed by atoms with Crippen molar-refractivity contribution in [3.05, 3.63) is 0 Å². The van der Waals surface area contributed by atoms with Crippen LogP contribution in [-0.2, 0) is 19.2 Å². The van der Waals surface area contributed by atoms with Crippen molar-refractivity contribution in [3.63, 3.8) is 0 Å². The summed E-state index contributed by atoms with van der Waals surface area (Å²) in [7, 11) is 0. The number of carbonyl (C=O) groups excluding carboxylic acids is 1. The van der Waals surface area contributed by atoms with Gasteiger partial charge in [0.15, 0.2) is 0 Å². The number of unbranched alkanes of at least 4 members (excludes halogenated alkanes) is 1. The van der Waals surface area contributed by atoms with E-state index in [0.717, 1.165) is 0 Å². The maximum atomic E-state index is 11.9. The summed E-state index contributed by atoms with van der Waals surface area (Å²) in [6, 6.07) is -0.754. The molecule has 0 aromatic heterocycles. The minimum Gasteiger partial charge on any atom is -0.480 e. The van der Waals surface area contributed by atoms with Gasteiger partial charge in [0.25, 0.3) is 0 Å². The van der Waals surface area contributed by atoms with Crippen molar-refractivity contribution < 1.29 is 34.5 Å². The molecule has 1 atom stereocenters. The molecule has 10 heteroatoms. The Morgan fingerprint density at radius 2 is 1.23 bits per heavy atom. The van der Waals surface area contributed by atoms with Crippen molar-refractivity contribution in [3.8, 4) is 0 Å². The summed E-state index contributed by atoms with van der Waals surface area (Å²) < 4.78 is 0. The van der Waals surface area contributed by atoms with E-state index in [0.29, 0.717) is 65.0 Å². The van der Waals surface area contributed by atoms with E-state index in [1.54, 1.807) is 14.7 Å². The average molecular weight is 430 g/mol. The van der Waals surface area contributed by atoms with Crippen LogP contribution in [0, 0.1) is 5.92 Å². The minimum atomic E-state index is -0.977. The number of hydrogen-bond acceptors (Lipinski definition) is 7. The van der Waals surface area contributed by atoms with E-state index >= 15 is 0 Å². The maximum absolute atomic E-state index is 11.9. The molecule has 1 saturated heterocycles. The van der Waals surface area contributed by atoms with Gasteiger partial charge in [-0.25, -0.2) is 0 Å². The summed E-state index contributed by atoms with van der Waals surface area (Å²) in [4.78, 5) is 51.1. The number of ketones is 1. The molecule has 1 rings (SSSR count). The predicted octanol–water partition coefficient (Wildman–Crippen LogP) is 0.314. The van der Waals surface area contributed by atoms with Crippen LogP contribution in [0.4, 0.5) is 0 Å². The fourth-order valence-corrected chi connectivity index (χ4v) is 3.56. The number of Topliss-reactive ketones (excluding diaryl/α,β-unsaturated/α-hetero) is 1. The molecule has 1 heterocycles. The molecule has 3 N–H and O–H groups in total. The predicted molar refractivity (Wildman–Crippen MR) is 109 cm³/mol. The Morgan fingerprint density at radius 3 is 1.63 bits per heavy atom. The van der Waals surface area contributed by atoms with Crippen LogP contribution < -0.4 is 0 Å². The zero-order chi connectivity index (χ0) is 22.7. The topological polar surface area (TPSA) is 139 Å². The zero-order valence-corrected chi connectivity index (χ0v) is 18.0. The van der Waals surface area contributed by atoms with E-state index in [1.807, 2.05) is 13.8 Å². The first-order chi connectivity index (χ1) is 14.1. The van der Waals surface area contributed by atoms with Crippen LogP contribution in [0.3, 0.4) is 0 Å². The third kappa shape index (κ3) is 10.1. The molecular weight excluding hydrogens is 394 g/mol. The van der Waals surface area contributed by atoms with Crippen LogP contribution in [0.1, 0.15) is 39.5 Å². The molecule has 0 unspecified atom stereocenters. The molecule has 0 aromatic rings. The third-order valence-corrected chi connectivity index (χ3v) is 5.38. The molecule has 172 valence electrons. The van der Waals surface area contributed by atoms with Crippen LogP contribution in [0.25, 0.3) is 0 Å². The number of nitrogens with zero attached hydrogens (tertiary/aromatic N) is 3. The van der Waals surface area contributed by atoms with Crippen molar-refractivity contribution in [1.29, 1.82) is 0 Å². The second-order valence-corrected chi connectivity index (χ2v) is 8.10. The van der Waals surface area contributed by atoms with E-state index in [-0.39, 0.29) is 24.8 Å². The SMILES string of the molecule is CC(C)C(=O)CCCC[C@H](C(=O)O)N1CCN(CC(=O)O)CCN(CC(=O)O)CC1. The lowest BCUT2D eigenvalue weighted by molar-refractivity contribution is -0.144. The molecule has 0 aliphatic carbocycles. The summed E-state index contributed by atoms with van der Waals surface area (Å²) in [5.41, 5.74) is 0. The van der Waals surface area contributed by atoms with E-state index in [4.69, 9.17) is 10.2 Å². The number of carbonyl (C=O) groups is 4. The van der Waals surface area contributed by atoms with Crippen LogP contribution in [-0.4, -0.2) is 112 Å². The van der Waals surface area contributed by atoms with Gasteiger partial charge in [-0.3, -0.25) is 33.9 Å². The molecule has 0 saturated carbocycles. The molecule has 0 aromatic carbocycles. The molecule has 1 fully saturated rings. The smallest absolute Gasteiger partial charge is 0.320 e. The Hall–Kier alpha value is -2.04. The molecule has 0 spiro atoms. The van der Waals surface area contributed by atoms with Gasteiger partial charge in [0.1, 0.15) is 11.8 Å². The lowest BCUT2D eigenvalue weighted by atomic mass is 10.0. The van der Waals surface area contributed by atoms with E-state index in [1.165, 1.54) is 0 Å². The van der Waals surface area contributed by atoms with Crippen molar-refractivity contribution in [2.45, 2.75) is 45.6 Å². The third-order valence-electron chi connectivity index (χ3n) is 5.38. The highest BCUT2D eigenvalue weighted by Gasteiger charge is 2.28. The number of hydrogen-bond donors (Lipinski definition) is 3. The van der Waals surface area contributed by atoms with Gasteiger partial charge in [-0.1, -0.05) is 20.3 Å². The lowest BCUT2D eigenvalue weighted by Crippen LogP contribution is -2.47. The summed E-state index contributed by atoms with van der Waals surface area (Å²) in [5, 5.41) is 28.0. The van der Waals surface area contributed by atoms with Crippen LogP contribution in [0.2, 0.25) is 0 Å². The van der Waals surface area contributed by atoms with Gasteiger partial charge >= 0.3 is 17.9 Å². The monoisotopic (exact) mass is 429 g/mol. The highest BCUT2D eigenvalue weighted by molar-refractivity contribution is 5.80. The van der Waals surface area contributed by atoms with Gasteiger partial charge in [-0.15, -0.1) is 0 Å². The maximum Gasteiger partial charge on any atom is 0.320 e. The van der Waals surface area contributed by atoms with Crippen molar-refractivity contribution >= 4 is 23.7 Å². The van der Waals surface area contributed by atoms with Crippen molar-refractivity contribution in [2.75, 3.05) is 52.4 Å². The summed E-state index contributed by atoms with van der Waals surface area (Å²) >= 11 is 0. The number of carboxylic acids is 3. The molecule has 0 amide bonds. The Bertz CT molecular complexity index is 569. The molecule has 0 bridgehead atoms. The van der Waals surface area contributed by atoms with E-state index in [9.17, 15) is 24.3 Å². The van der Waals surface area contributed by atoms with Gasteiger partial charge in [-0.05, 0) is 12.8 Å². The minimum absolute atomic E-state index is 0.0289. The molecule has 1 aliphatic rings. The van der Waals surface area contributed by atoms with Gasteiger partial charge in [0.2, 0.25) is 0 Å².